The zero-order valence-corrected chi connectivity index (χ0v) is 18.3. The first-order valence-corrected chi connectivity index (χ1v) is 10.3. The minimum Gasteiger partial charge on any atom is -0.468 e. The van der Waals surface area contributed by atoms with E-state index in [0.717, 1.165) is 22.1 Å². The number of carbonyl (C=O) groups excluding carboxylic acids is 1. The van der Waals surface area contributed by atoms with Gasteiger partial charge in [-0.05, 0) is 62.2 Å². The minimum absolute atomic E-state index is 0.0197. The lowest BCUT2D eigenvalue weighted by Gasteiger charge is -2.25. The summed E-state index contributed by atoms with van der Waals surface area (Å²) in [6.45, 7) is 5.84. The summed E-state index contributed by atoms with van der Waals surface area (Å²) in [4.78, 5) is 12.9. The van der Waals surface area contributed by atoms with Crippen molar-refractivity contribution in [3.05, 3.63) is 94.0 Å². The van der Waals surface area contributed by atoms with Crippen LogP contribution in [-0.2, 0) is 0 Å². The van der Waals surface area contributed by atoms with Crippen molar-refractivity contribution in [2.45, 2.75) is 26.7 Å². The molecule has 1 atom stereocenters. The molecule has 4 aromatic rings. The lowest BCUT2D eigenvalue weighted by molar-refractivity contribution is 0.0702. The number of nitrogens with zero attached hydrogens (tertiary/aromatic N) is 1. The number of nitriles is 1. The highest BCUT2D eigenvalue weighted by molar-refractivity contribution is 5.97. The molecule has 1 unspecified atom stereocenters. The van der Waals surface area contributed by atoms with Crippen LogP contribution in [0.1, 0.15) is 44.5 Å². The molecule has 0 aliphatic carbocycles. The SMILES string of the molecule is Cc1cc2oc(C(=O)Oc3ccc4c(c3)OC(N)=C(C#N)C4c3ccco3)c(C)c2cc1C. The van der Waals surface area contributed by atoms with E-state index in [1.807, 2.05) is 32.9 Å². The summed E-state index contributed by atoms with van der Waals surface area (Å²) >= 11 is 0. The maximum absolute atomic E-state index is 12.9. The zero-order chi connectivity index (χ0) is 23.3. The van der Waals surface area contributed by atoms with Crippen LogP contribution in [0.2, 0.25) is 0 Å². The molecule has 2 N–H and O–H groups in total. The van der Waals surface area contributed by atoms with Crippen molar-refractivity contribution in [2.75, 3.05) is 0 Å². The van der Waals surface area contributed by atoms with E-state index >= 15 is 0 Å². The summed E-state index contributed by atoms with van der Waals surface area (Å²) < 4.78 is 22.6. The van der Waals surface area contributed by atoms with Gasteiger partial charge in [0.2, 0.25) is 11.6 Å². The standard InChI is InChI=1S/C26H20N2O5/c1-13-9-18-15(3)24(32-21(18)10-14(13)2)26(29)31-16-6-7-17-22(11-16)33-25(28)19(12-27)23(17)20-5-4-8-30-20/h4-11,23H,28H2,1-3H3. The van der Waals surface area contributed by atoms with Crippen LogP contribution in [0.3, 0.4) is 0 Å². The Bertz CT molecular complexity index is 1490. The number of benzene rings is 2. The second-order valence-electron chi connectivity index (χ2n) is 8.02. The Labute approximate surface area is 189 Å². The molecule has 7 nitrogen and oxygen atoms in total. The molecule has 7 heteroatoms. The predicted molar refractivity (Wildman–Crippen MR) is 120 cm³/mol. The molecule has 2 aromatic heterocycles. The van der Waals surface area contributed by atoms with Crippen LogP contribution < -0.4 is 15.2 Å². The predicted octanol–water partition coefficient (Wildman–Crippen LogP) is 5.39. The van der Waals surface area contributed by atoms with Crippen LogP contribution in [0.15, 0.2) is 69.0 Å². The van der Waals surface area contributed by atoms with Crippen molar-refractivity contribution in [1.82, 2.24) is 0 Å². The van der Waals surface area contributed by atoms with Crippen molar-refractivity contribution < 1.29 is 23.1 Å². The van der Waals surface area contributed by atoms with Crippen LogP contribution in [0.4, 0.5) is 0 Å². The van der Waals surface area contributed by atoms with Crippen molar-refractivity contribution in [1.29, 1.82) is 5.26 Å². The fourth-order valence-corrected chi connectivity index (χ4v) is 4.07. The first-order chi connectivity index (χ1) is 15.9. The molecule has 0 radical (unpaired) electrons. The van der Waals surface area contributed by atoms with Gasteiger partial charge in [-0.25, -0.2) is 4.79 Å². The maximum Gasteiger partial charge on any atom is 0.379 e. The van der Waals surface area contributed by atoms with Crippen molar-refractivity contribution in [2.24, 2.45) is 5.73 Å². The van der Waals surface area contributed by atoms with Crippen LogP contribution in [-0.4, -0.2) is 5.97 Å². The van der Waals surface area contributed by atoms with Gasteiger partial charge in [0, 0.05) is 22.6 Å². The van der Waals surface area contributed by atoms with Gasteiger partial charge in [0.1, 0.15) is 34.5 Å². The number of nitrogens with two attached hydrogens (primary N) is 1. The molecule has 3 heterocycles. The van der Waals surface area contributed by atoms with Gasteiger partial charge in [-0.3, -0.25) is 0 Å². The Morgan fingerprint density at radius 3 is 2.64 bits per heavy atom. The lowest BCUT2D eigenvalue weighted by Crippen LogP contribution is -2.21. The average Bonchev–Trinajstić information content (AvgIpc) is 3.42. The Balaban J connectivity index is 1.48. The molecule has 0 spiro atoms. The molecule has 0 saturated carbocycles. The fourth-order valence-electron chi connectivity index (χ4n) is 4.07. The summed E-state index contributed by atoms with van der Waals surface area (Å²) in [6, 6.07) is 14.5. The summed E-state index contributed by atoms with van der Waals surface area (Å²) in [5, 5.41) is 10.5. The Morgan fingerprint density at radius 2 is 1.91 bits per heavy atom. The number of furan rings is 2. The average molecular weight is 440 g/mol. The second-order valence-corrected chi connectivity index (χ2v) is 8.02. The van der Waals surface area contributed by atoms with E-state index < -0.39 is 11.9 Å². The third kappa shape index (κ3) is 3.33. The van der Waals surface area contributed by atoms with E-state index in [2.05, 4.69) is 6.07 Å². The van der Waals surface area contributed by atoms with E-state index in [1.165, 1.54) is 6.26 Å². The van der Waals surface area contributed by atoms with Gasteiger partial charge in [0.15, 0.2) is 0 Å². The lowest BCUT2D eigenvalue weighted by atomic mass is 9.87. The summed E-state index contributed by atoms with van der Waals surface area (Å²) in [5.41, 5.74) is 10.5. The van der Waals surface area contributed by atoms with Gasteiger partial charge in [-0.15, -0.1) is 0 Å². The highest BCUT2D eigenvalue weighted by Gasteiger charge is 2.33. The Morgan fingerprint density at radius 1 is 1.12 bits per heavy atom. The zero-order valence-electron chi connectivity index (χ0n) is 18.3. The quantitative estimate of drug-likeness (QED) is 0.336. The topological polar surface area (TPSA) is 112 Å². The molecule has 0 fully saturated rings. The molecule has 33 heavy (non-hydrogen) atoms. The molecule has 1 aliphatic heterocycles. The largest absolute Gasteiger partial charge is 0.468 e. The van der Waals surface area contributed by atoms with Gasteiger partial charge in [0.05, 0.1) is 12.2 Å². The summed E-state index contributed by atoms with van der Waals surface area (Å²) in [6.07, 6.45) is 1.53. The summed E-state index contributed by atoms with van der Waals surface area (Å²) in [5.74, 6) is 0.207. The number of hydrogen-bond acceptors (Lipinski definition) is 7. The van der Waals surface area contributed by atoms with Crippen molar-refractivity contribution in [3.63, 3.8) is 0 Å². The van der Waals surface area contributed by atoms with Crippen molar-refractivity contribution >= 4 is 16.9 Å². The maximum atomic E-state index is 12.9. The molecular weight excluding hydrogens is 420 g/mol. The van der Waals surface area contributed by atoms with E-state index in [1.54, 1.807) is 30.3 Å². The first kappa shape index (κ1) is 20.5. The molecule has 1 aliphatic rings. The van der Waals surface area contributed by atoms with Crippen LogP contribution in [0.25, 0.3) is 11.0 Å². The van der Waals surface area contributed by atoms with Crippen LogP contribution in [0, 0.1) is 32.1 Å². The van der Waals surface area contributed by atoms with E-state index in [0.29, 0.717) is 22.7 Å². The summed E-state index contributed by atoms with van der Waals surface area (Å²) in [7, 11) is 0. The van der Waals surface area contributed by atoms with E-state index in [4.69, 9.17) is 24.0 Å². The number of carbonyl (C=O) groups is 1. The highest BCUT2D eigenvalue weighted by Crippen LogP contribution is 2.43. The minimum atomic E-state index is -0.612. The Kier molecular flexibility index (Phi) is 4.72. The number of fused-ring (bicyclic) bond motifs is 2. The number of aryl methyl sites for hydroxylation is 3. The third-order valence-corrected chi connectivity index (χ3v) is 5.97. The smallest absolute Gasteiger partial charge is 0.379 e. The monoisotopic (exact) mass is 440 g/mol. The number of allylic oxidation sites excluding steroid dienone is 1. The van der Waals surface area contributed by atoms with Gasteiger partial charge in [-0.1, -0.05) is 6.07 Å². The van der Waals surface area contributed by atoms with Gasteiger partial charge < -0.3 is 24.0 Å². The normalized spacial score (nSPS) is 15.2. The molecular formula is C26H20N2O5. The van der Waals surface area contributed by atoms with Crippen LogP contribution >= 0.6 is 0 Å². The van der Waals surface area contributed by atoms with Gasteiger partial charge in [-0.2, -0.15) is 5.26 Å². The van der Waals surface area contributed by atoms with Gasteiger partial charge >= 0.3 is 5.97 Å². The van der Waals surface area contributed by atoms with E-state index in [9.17, 15) is 10.1 Å². The van der Waals surface area contributed by atoms with Crippen molar-refractivity contribution in [3.8, 4) is 17.6 Å². The van der Waals surface area contributed by atoms with E-state index in [-0.39, 0.29) is 23.0 Å². The third-order valence-electron chi connectivity index (χ3n) is 5.97. The molecule has 0 bridgehead atoms. The molecule has 5 rings (SSSR count). The number of ether oxygens (including phenoxy) is 2. The Hall–Kier alpha value is -4.44. The first-order valence-electron chi connectivity index (χ1n) is 10.3. The molecule has 0 saturated heterocycles. The number of esters is 1. The molecule has 164 valence electrons. The van der Waals surface area contributed by atoms with Crippen LogP contribution in [0.5, 0.6) is 11.5 Å². The second kappa shape index (κ2) is 7.61. The molecule has 2 aromatic carbocycles. The fraction of sp³-hybridized carbons (Fsp3) is 0.154. The highest BCUT2D eigenvalue weighted by atomic mass is 16.5. The molecule has 0 amide bonds. The number of rotatable bonds is 3. The number of hydrogen-bond donors (Lipinski definition) is 1. The van der Waals surface area contributed by atoms with Gasteiger partial charge in [0.25, 0.3) is 0 Å².